The second-order valence-corrected chi connectivity index (χ2v) is 6.95. The van der Waals surface area contributed by atoms with Gasteiger partial charge in [-0.2, -0.15) is 0 Å². The standard InChI is InChI=1S/C18H19ClFN3O/c1-10(2)6-15-21-7-12-8-23(9-14(12)22-15)18(24)16-13(20)5-4-11(3)17(16)19/h4-5,7,10H,6,8-9H2,1-3H3. The van der Waals surface area contributed by atoms with Crippen LogP contribution < -0.4 is 0 Å². The van der Waals surface area contributed by atoms with E-state index in [-0.39, 0.29) is 10.6 Å². The van der Waals surface area contributed by atoms with Crippen LogP contribution in [0.15, 0.2) is 18.3 Å². The zero-order valence-electron chi connectivity index (χ0n) is 13.9. The lowest BCUT2D eigenvalue weighted by Gasteiger charge is -2.17. The van der Waals surface area contributed by atoms with Crippen molar-refractivity contribution in [2.45, 2.75) is 40.3 Å². The van der Waals surface area contributed by atoms with Crippen LogP contribution in [0.1, 0.15) is 46.9 Å². The molecule has 1 amide bonds. The fraction of sp³-hybridized carbons (Fsp3) is 0.389. The van der Waals surface area contributed by atoms with Crippen LogP contribution in [0, 0.1) is 18.7 Å². The molecule has 1 aliphatic rings. The third-order valence-electron chi connectivity index (χ3n) is 4.08. The first-order valence-electron chi connectivity index (χ1n) is 7.94. The van der Waals surface area contributed by atoms with Gasteiger partial charge in [-0.1, -0.05) is 31.5 Å². The molecule has 6 heteroatoms. The fourth-order valence-electron chi connectivity index (χ4n) is 2.81. The summed E-state index contributed by atoms with van der Waals surface area (Å²) in [7, 11) is 0. The van der Waals surface area contributed by atoms with Gasteiger partial charge in [-0.05, 0) is 24.5 Å². The van der Waals surface area contributed by atoms with Crippen molar-refractivity contribution in [2.75, 3.05) is 0 Å². The molecule has 0 fully saturated rings. The van der Waals surface area contributed by atoms with Gasteiger partial charge in [-0.3, -0.25) is 4.79 Å². The summed E-state index contributed by atoms with van der Waals surface area (Å²) in [4.78, 5) is 23.2. The highest BCUT2D eigenvalue weighted by Crippen LogP contribution is 2.28. The first kappa shape index (κ1) is 16.8. The third-order valence-corrected chi connectivity index (χ3v) is 4.57. The van der Waals surface area contributed by atoms with Crippen LogP contribution in [0.3, 0.4) is 0 Å². The summed E-state index contributed by atoms with van der Waals surface area (Å²) in [6.07, 6.45) is 2.56. The minimum absolute atomic E-state index is 0.0696. The normalized spacial score (nSPS) is 13.5. The van der Waals surface area contributed by atoms with E-state index in [9.17, 15) is 9.18 Å². The summed E-state index contributed by atoms with van der Waals surface area (Å²) in [6.45, 7) is 6.69. The lowest BCUT2D eigenvalue weighted by Crippen LogP contribution is -2.26. The van der Waals surface area contributed by atoms with E-state index >= 15 is 0 Å². The van der Waals surface area contributed by atoms with Crippen molar-refractivity contribution in [1.29, 1.82) is 0 Å². The predicted molar refractivity (Wildman–Crippen MR) is 90.3 cm³/mol. The number of fused-ring (bicyclic) bond motifs is 1. The van der Waals surface area contributed by atoms with E-state index in [0.717, 1.165) is 23.5 Å². The fourth-order valence-corrected chi connectivity index (χ4v) is 3.05. The monoisotopic (exact) mass is 347 g/mol. The smallest absolute Gasteiger partial charge is 0.259 e. The van der Waals surface area contributed by atoms with Crippen molar-refractivity contribution in [3.8, 4) is 0 Å². The molecule has 0 spiro atoms. The predicted octanol–water partition coefficient (Wildman–Crippen LogP) is 3.93. The van der Waals surface area contributed by atoms with E-state index < -0.39 is 11.7 Å². The van der Waals surface area contributed by atoms with Crippen molar-refractivity contribution >= 4 is 17.5 Å². The van der Waals surface area contributed by atoms with Crippen molar-refractivity contribution < 1.29 is 9.18 Å². The topological polar surface area (TPSA) is 46.1 Å². The maximum Gasteiger partial charge on any atom is 0.259 e. The number of hydrogen-bond acceptors (Lipinski definition) is 3. The number of amides is 1. The Kier molecular flexibility index (Phi) is 4.54. The van der Waals surface area contributed by atoms with Crippen LogP contribution >= 0.6 is 11.6 Å². The Balaban J connectivity index is 1.85. The van der Waals surface area contributed by atoms with Gasteiger partial charge in [0.25, 0.3) is 5.91 Å². The number of benzene rings is 1. The number of nitrogens with zero attached hydrogens (tertiary/aromatic N) is 3. The second-order valence-electron chi connectivity index (χ2n) is 6.57. The lowest BCUT2D eigenvalue weighted by molar-refractivity contribution is 0.0745. The minimum Gasteiger partial charge on any atom is -0.328 e. The number of halogens is 2. The molecule has 0 radical (unpaired) electrons. The average Bonchev–Trinajstić information content (AvgIpc) is 2.94. The molecule has 1 aromatic heterocycles. The summed E-state index contributed by atoms with van der Waals surface area (Å²) in [5.41, 5.74) is 2.34. The summed E-state index contributed by atoms with van der Waals surface area (Å²) >= 11 is 6.15. The molecular formula is C18H19ClFN3O. The molecule has 0 unspecified atom stereocenters. The number of hydrogen-bond donors (Lipinski definition) is 0. The molecule has 1 aliphatic heterocycles. The van der Waals surface area contributed by atoms with Gasteiger partial charge in [0.1, 0.15) is 11.6 Å². The number of rotatable bonds is 3. The van der Waals surface area contributed by atoms with Gasteiger partial charge in [0.15, 0.2) is 0 Å². The molecule has 2 heterocycles. The minimum atomic E-state index is -0.599. The van der Waals surface area contributed by atoms with E-state index in [1.807, 2.05) is 0 Å². The lowest BCUT2D eigenvalue weighted by atomic mass is 10.1. The molecule has 4 nitrogen and oxygen atoms in total. The molecule has 0 N–H and O–H groups in total. The summed E-state index contributed by atoms with van der Waals surface area (Å²) in [6, 6.07) is 2.84. The maximum absolute atomic E-state index is 14.1. The summed E-state index contributed by atoms with van der Waals surface area (Å²) in [5, 5.41) is 0.169. The van der Waals surface area contributed by atoms with Gasteiger partial charge in [0, 0.05) is 24.7 Å². The Bertz CT molecular complexity index is 807. The number of aromatic nitrogens is 2. The van der Waals surface area contributed by atoms with Gasteiger partial charge in [-0.25, -0.2) is 14.4 Å². The van der Waals surface area contributed by atoms with Crippen LogP contribution in [0.5, 0.6) is 0 Å². The Hall–Kier alpha value is -2.01. The van der Waals surface area contributed by atoms with Crippen LogP contribution in [0.4, 0.5) is 4.39 Å². The van der Waals surface area contributed by atoms with Gasteiger partial charge < -0.3 is 4.90 Å². The van der Waals surface area contributed by atoms with E-state index in [0.29, 0.717) is 24.6 Å². The number of aryl methyl sites for hydroxylation is 1. The summed E-state index contributed by atoms with van der Waals surface area (Å²) < 4.78 is 14.1. The summed E-state index contributed by atoms with van der Waals surface area (Å²) in [5.74, 6) is 0.225. The number of carbonyl (C=O) groups is 1. The van der Waals surface area contributed by atoms with Crippen LogP contribution in [-0.4, -0.2) is 20.8 Å². The van der Waals surface area contributed by atoms with E-state index in [4.69, 9.17) is 11.6 Å². The zero-order chi connectivity index (χ0) is 17.4. The molecule has 24 heavy (non-hydrogen) atoms. The van der Waals surface area contributed by atoms with Crippen LogP contribution in [-0.2, 0) is 19.5 Å². The largest absolute Gasteiger partial charge is 0.328 e. The molecule has 2 aromatic rings. The second kappa shape index (κ2) is 6.48. The molecule has 3 rings (SSSR count). The van der Waals surface area contributed by atoms with Gasteiger partial charge in [0.05, 0.1) is 22.8 Å². The van der Waals surface area contributed by atoms with Crippen molar-refractivity contribution in [3.05, 3.63) is 57.4 Å². The van der Waals surface area contributed by atoms with Crippen LogP contribution in [0.25, 0.3) is 0 Å². The molecule has 0 bridgehead atoms. The molecule has 1 aromatic carbocycles. The van der Waals surface area contributed by atoms with E-state index in [1.54, 1.807) is 24.1 Å². The highest BCUT2D eigenvalue weighted by atomic mass is 35.5. The van der Waals surface area contributed by atoms with Gasteiger partial charge in [-0.15, -0.1) is 0 Å². The highest BCUT2D eigenvalue weighted by molar-refractivity contribution is 6.34. The maximum atomic E-state index is 14.1. The van der Waals surface area contributed by atoms with Crippen LogP contribution in [0.2, 0.25) is 5.02 Å². The SMILES string of the molecule is Cc1ccc(F)c(C(=O)N2Cc3cnc(CC(C)C)nc3C2)c1Cl. The quantitative estimate of drug-likeness (QED) is 0.845. The zero-order valence-corrected chi connectivity index (χ0v) is 14.7. The Labute approximate surface area is 145 Å². The first-order valence-corrected chi connectivity index (χ1v) is 8.32. The third kappa shape index (κ3) is 3.13. The molecule has 0 atom stereocenters. The van der Waals surface area contributed by atoms with Crippen molar-refractivity contribution in [2.24, 2.45) is 5.92 Å². The van der Waals surface area contributed by atoms with Gasteiger partial charge in [0.2, 0.25) is 0 Å². The Morgan fingerprint density at radius 1 is 1.38 bits per heavy atom. The molecule has 0 aliphatic carbocycles. The molecule has 0 saturated carbocycles. The highest BCUT2D eigenvalue weighted by Gasteiger charge is 2.29. The molecule has 0 saturated heterocycles. The average molecular weight is 348 g/mol. The first-order chi connectivity index (χ1) is 11.4. The van der Waals surface area contributed by atoms with Gasteiger partial charge >= 0.3 is 0 Å². The van der Waals surface area contributed by atoms with Crippen molar-refractivity contribution in [3.63, 3.8) is 0 Å². The number of carbonyl (C=O) groups excluding carboxylic acids is 1. The van der Waals surface area contributed by atoms with Crippen molar-refractivity contribution in [1.82, 2.24) is 14.9 Å². The Morgan fingerprint density at radius 3 is 2.83 bits per heavy atom. The van der Waals surface area contributed by atoms with E-state index in [2.05, 4.69) is 23.8 Å². The molecular weight excluding hydrogens is 329 g/mol. The van der Waals surface area contributed by atoms with E-state index in [1.165, 1.54) is 6.07 Å². The Morgan fingerprint density at radius 2 is 2.12 bits per heavy atom. The molecule has 126 valence electrons.